The molecular weight excluding hydrogens is 316 g/mol. The molecule has 0 bridgehead atoms. The Hall–Kier alpha value is -1.78. The highest BCUT2D eigenvalue weighted by Gasteiger charge is 2.27. The first-order valence-corrected chi connectivity index (χ1v) is 8.72. The van der Waals surface area contributed by atoms with E-state index in [-0.39, 0.29) is 9.79 Å². The number of hydrogen-bond acceptors (Lipinski definition) is 5. The first-order chi connectivity index (χ1) is 9.84. The molecule has 0 aromatic heterocycles. The van der Waals surface area contributed by atoms with Crippen LogP contribution in [0.5, 0.6) is 0 Å². The zero-order chi connectivity index (χ0) is 15.5. The Kier molecular flexibility index (Phi) is 4.40. The summed E-state index contributed by atoms with van der Waals surface area (Å²) in [7, 11) is -8.64. The summed E-state index contributed by atoms with van der Waals surface area (Å²) >= 11 is 0. The van der Waals surface area contributed by atoms with Crippen LogP contribution in [-0.2, 0) is 20.0 Å². The van der Waals surface area contributed by atoms with E-state index in [9.17, 15) is 22.0 Å². The summed E-state index contributed by atoms with van der Waals surface area (Å²) in [5, 5.41) is 11.8. The fourth-order valence-electron chi connectivity index (χ4n) is 1.53. The van der Waals surface area contributed by atoms with Crippen molar-refractivity contribution in [2.45, 2.75) is 9.79 Å². The van der Waals surface area contributed by atoms with Crippen LogP contribution in [0.1, 0.15) is 0 Å². The molecule has 0 heterocycles. The Balaban J connectivity index is 2.28. The van der Waals surface area contributed by atoms with E-state index in [1.165, 1.54) is 48.5 Å². The lowest BCUT2D eigenvalue weighted by atomic mass is 10.4. The van der Waals surface area contributed by atoms with Crippen LogP contribution >= 0.6 is 0 Å². The van der Waals surface area contributed by atoms with Crippen LogP contribution in [0.25, 0.3) is 0 Å². The molecule has 2 aromatic rings. The summed E-state index contributed by atoms with van der Waals surface area (Å²) in [4.78, 5) is 1.09. The van der Waals surface area contributed by atoms with Gasteiger partial charge in [-0.15, -0.1) is 0 Å². The normalized spacial score (nSPS) is 13.8. The zero-order valence-corrected chi connectivity index (χ0v) is 12.3. The van der Waals surface area contributed by atoms with Crippen molar-refractivity contribution in [1.82, 2.24) is 4.83 Å². The minimum atomic E-state index is -4.41. The van der Waals surface area contributed by atoms with E-state index in [4.69, 9.17) is 0 Å². The minimum Gasteiger partial charge on any atom is -0.597 e. The SMILES string of the molecule is O=S(=O)(N[NH+]([O-])S(=O)(=O)c1ccccc1)c1ccccc1. The number of benzene rings is 2. The van der Waals surface area contributed by atoms with Crippen LogP contribution in [-0.4, -0.2) is 16.8 Å². The number of nitrogens with one attached hydrogen (secondary N) is 2. The molecule has 0 spiro atoms. The molecule has 0 saturated heterocycles. The predicted octanol–water partition coefficient (Wildman–Crippen LogP) is -0.348. The third kappa shape index (κ3) is 3.46. The van der Waals surface area contributed by atoms with E-state index >= 15 is 0 Å². The van der Waals surface area contributed by atoms with E-state index in [2.05, 4.69) is 0 Å². The van der Waals surface area contributed by atoms with Gasteiger partial charge < -0.3 is 5.21 Å². The first-order valence-electron chi connectivity index (χ1n) is 5.76. The van der Waals surface area contributed by atoms with Gasteiger partial charge in [-0.2, -0.15) is 13.0 Å². The predicted molar refractivity (Wildman–Crippen MR) is 74.7 cm³/mol. The van der Waals surface area contributed by atoms with Crippen molar-refractivity contribution in [1.29, 1.82) is 0 Å². The molecule has 9 heteroatoms. The first kappa shape index (κ1) is 15.6. The van der Waals surface area contributed by atoms with Gasteiger partial charge in [-0.1, -0.05) is 36.4 Å². The van der Waals surface area contributed by atoms with Crippen molar-refractivity contribution in [3.05, 3.63) is 65.9 Å². The Morgan fingerprint density at radius 3 is 1.67 bits per heavy atom. The Morgan fingerprint density at radius 2 is 1.19 bits per heavy atom. The van der Waals surface area contributed by atoms with Gasteiger partial charge >= 0.3 is 10.0 Å². The molecule has 2 aromatic carbocycles. The van der Waals surface area contributed by atoms with Gasteiger partial charge in [0.2, 0.25) is 0 Å². The minimum absolute atomic E-state index is 0.193. The maximum absolute atomic E-state index is 12.0. The smallest absolute Gasteiger partial charge is 0.344 e. The van der Waals surface area contributed by atoms with Gasteiger partial charge in [0.15, 0.2) is 0 Å². The molecule has 21 heavy (non-hydrogen) atoms. The largest absolute Gasteiger partial charge is 0.597 e. The summed E-state index contributed by atoms with van der Waals surface area (Å²) in [5.74, 6) is 0. The van der Waals surface area contributed by atoms with E-state index in [1.807, 2.05) is 0 Å². The third-order valence-corrected chi connectivity index (χ3v) is 5.53. The van der Waals surface area contributed by atoms with E-state index in [1.54, 1.807) is 17.0 Å². The van der Waals surface area contributed by atoms with Gasteiger partial charge in [0.05, 0.1) is 4.90 Å². The second-order valence-corrected chi connectivity index (χ2v) is 7.55. The highest BCUT2D eigenvalue weighted by molar-refractivity contribution is 7.90. The fraction of sp³-hybridized carbons (Fsp3) is 0. The van der Waals surface area contributed by atoms with Crippen molar-refractivity contribution in [3.63, 3.8) is 0 Å². The zero-order valence-electron chi connectivity index (χ0n) is 10.6. The van der Waals surface area contributed by atoms with Gasteiger partial charge in [0.1, 0.15) is 4.90 Å². The maximum atomic E-state index is 12.0. The molecule has 0 aliphatic heterocycles. The second kappa shape index (κ2) is 5.92. The van der Waals surface area contributed by atoms with E-state index in [0.29, 0.717) is 0 Å². The molecule has 0 amide bonds. The van der Waals surface area contributed by atoms with Gasteiger partial charge in [-0.05, 0) is 29.1 Å². The van der Waals surface area contributed by atoms with Crippen molar-refractivity contribution in [3.8, 4) is 0 Å². The topological polar surface area (TPSA) is 108 Å². The van der Waals surface area contributed by atoms with Crippen molar-refractivity contribution in [2.24, 2.45) is 0 Å². The highest BCUT2D eigenvalue weighted by Crippen LogP contribution is 2.07. The summed E-state index contributed by atoms with van der Waals surface area (Å²) in [6.45, 7) is 0. The lowest BCUT2D eigenvalue weighted by Gasteiger charge is -2.20. The molecule has 112 valence electrons. The van der Waals surface area contributed by atoms with Crippen molar-refractivity contribution >= 4 is 20.0 Å². The standard InChI is InChI=1S/C12H12N2O5S2/c15-14(21(18,19)12-9-5-2-6-10-12)13-20(16,17)11-7-3-1-4-8-11/h1-10,13-14H. The molecule has 0 radical (unpaired) electrons. The molecule has 7 nitrogen and oxygen atoms in total. The molecule has 0 aliphatic rings. The van der Waals surface area contributed by atoms with Gasteiger partial charge in [0, 0.05) is 0 Å². The van der Waals surface area contributed by atoms with E-state index in [0.717, 1.165) is 0 Å². The summed E-state index contributed by atoms with van der Waals surface area (Å²) in [5.41, 5.74) is 0. The molecule has 0 saturated carbocycles. The maximum Gasteiger partial charge on any atom is 0.344 e. The quantitative estimate of drug-likeness (QED) is 0.730. The van der Waals surface area contributed by atoms with Gasteiger partial charge in [0.25, 0.3) is 10.0 Å². The molecular formula is C12H12N2O5S2. The van der Waals surface area contributed by atoms with Gasteiger partial charge in [-0.25, -0.2) is 8.42 Å². The highest BCUT2D eigenvalue weighted by atomic mass is 32.2. The second-order valence-electron chi connectivity index (χ2n) is 4.02. The van der Waals surface area contributed by atoms with Gasteiger partial charge in [-0.3, -0.25) is 0 Å². The summed E-state index contributed by atoms with van der Waals surface area (Å²) in [6.07, 6.45) is 0. The number of hydrogen-bond donors (Lipinski definition) is 2. The van der Waals surface area contributed by atoms with Crippen LogP contribution in [0.3, 0.4) is 0 Å². The van der Waals surface area contributed by atoms with Crippen molar-refractivity contribution in [2.75, 3.05) is 0 Å². The lowest BCUT2D eigenvalue weighted by molar-refractivity contribution is -0.743. The van der Waals surface area contributed by atoms with Crippen LogP contribution in [0.15, 0.2) is 70.5 Å². The molecule has 1 atom stereocenters. The Morgan fingerprint density at radius 1 is 0.762 bits per heavy atom. The lowest BCUT2D eigenvalue weighted by Crippen LogP contribution is -3.16. The summed E-state index contributed by atoms with van der Waals surface area (Å²) < 4.78 is 46.2. The van der Waals surface area contributed by atoms with E-state index < -0.39 is 24.6 Å². The average Bonchev–Trinajstić information content (AvgIpc) is 2.48. The number of quaternary nitrogens is 1. The number of rotatable bonds is 5. The molecule has 0 aliphatic carbocycles. The molecule has 0 fully saturated rings. The van der Waals surface area contributed by atoms with Crippen LogP contribution < -0.4 is 9.41 Å². The molecule has 2 rings (SSSR count). The third-order valence-electron chi connectivity index (χ3n) is 2.57. The Bertz CT molecular complexity index is 805. The number of sulfonamides is 2. The summed E-state index contributed by atoms with van der Waals surface area (Å²) in [6, 6.07) is 13.9. The van der Waals surface area contributed by atoms with Crippen LogP contribution in [0.4, 0.5) is 0 Å². The molecule has 2 N–H and O–H groups in total. The van der Waals surface area contributed by atoms with Crippen LogP contribution in [0.2, 0.25) is 0 Å². The van der Waals surface area contributed by atoms with Crippen molar-refractivity contribution < 1.29 is 21.4 Å². The molecule has 1 unspecified atom stereocenters. The Labute approximate surface area is 122 Å². The fourth-order valence-corrected chi connectivity index (χ4v) is 3.88. The average molecular weight is 328 g/mol. The van der Waals surface area contributed by atoms with Crippen LogP contribution in [0, 0.1) is 5.21 Å². The monoisotopic (exact) mass is 328 g/mol.